The minimum Gasteiger partial charge on any atom is -0.355 e. The van der Waals surface area contributed by atoms with E-state index in [0.29, 0.717) is 0 Å². The average molecular weight is 290 g/mol. The number of hydrogen-bond donors (Lipinski definition) is 1. The van der Waals surface area contributed by atoms with E-state index in [-0.39, 0.29) is 10.9 Å². The fourth-order valence-electron chi connectivity index (χ4n) is 1.76. The molecule has 1 aromatic carbocycles. The minimum absolute atomic E-state index is 0.175. The van der Waals surface area contributed by atoms with Gasteiger partial charge in [-0.1, -0.05) is 12.1 Å². The van der Waals surface area contributed by atoms with E-state index in [1.54, 1.807) is 0 Å². The summed E-state index contributed by atoms with van der Waals surface area (Å²) in [5, 5.41) is 10.5. The number of aromatic nitrogens is 1. The fourth-order valence-corrected chi connectivity index (χ4v) is 1.76. The van der Waals surface area contributed by atoms with Crippen molar-refractivity contribution in [2.75, 3.05) is 0 Å². The van der Waals surface area contributed by atoms with Gasteiger partial charge in [0.15, 0.2) is 0 Å². The Hall–Kier alpha value is -2.45. The quantitative estimate of drug-likeness (QED) is 0.406. The van der Waals surface area contributed by atoms with Gasteiger partial charge in [0.25, 0.3) is 5.69 Å². The monoisotopic (exact) mass is 290 g/mol. The Morgan fingerprint density at radius 3 is 2.55 bits per heavy atom. The van der Waals surface area contributed by atoms with E-state index in [2.05, 4.69) is 4.98 Å². The van der Waals surface area contributed by atoms with Crippen LogP contribution >= 0.6 is 0 Å². The standard InChI is InChI=1S/C11H6F4N2O3/c12-10(13)11(14,15)9(18)6-4-16-8-5(6)2-1-3-7(8)17(19)20/h1-4,10,16H. The number of non-ortho nitro benzene ring substituents is 1. The molecule has 0 amide bonds. The Balaban J connectivity index is 2.61. The Morgan fingerprint density at radius 1 is 1.35 bits per heavy atom. The van der Waals surface area contributed by atoms with Gasteiger partial charge in [0.2, 0.25) is 5.78 Å². The third-order valence-electron chi connectivity index (χ3n) is 2.71. The number of fused-ring (bicyclic) bond motifs is 1. The SMILES string of the molecule is O=C(c1c[nH]c2c([N+](=O)[O-])cccc12)C(F)(F)C(F)F. The Labute approximate surface area is 108 Å². The number of nitro groups is 1. The number of nitro benzene ring substituents is 1. The van der Waals surface area contributed by atoms with Crippen LogP contribution < -0.4 is 0 Å². The van der Waals surface area contributed by atoms with Gasteiger partial charge in [-0.05, 0) is 0 Å². The minimum atomic E-state index is -4.85. The van der Waals surface area contributed by atoms with E-state index in [1.165, 1.54) is 6.07 Å². The first-order valence-electron chi connectivity index (χ1n) is 5.22. The smallest absolute Gasteiger partial charge is 0.355 e. The molecule has 2 rings (SSSR count). The van der Waals surface area contributed by atoms with Crippen LogP contribution in [-0.2, 0) is 0 Å². The molecule has 0 fully saturated rings. The zero-order valence-corrected chi connectivity index (χ0v) is 9.57. The molecule has 1 aromatic heterocycles. The number of rotatable bonds is 4. The second kappa shape index (κ2) is 4.58. The maximum atomic E-state index is 13.0. The first-order valence-corrected chi connectivity index (χ1v) is 5.22. The first kappa shape index (κ1) is 14.0. The molecule has 0 bridgehead atoms. The molecule has 106 valence electrons. The summed E-state index contributed by atoms with van der Waals surface area (Å²) in [5.74, 6) is -6.93. The van der Waals surface area contributed by atoms with Gasteiger partial charge in [0, 0.05) is 23.2 Å². The molecule has 5 nitrogen and oxygen atoms in total. The summed E-state index contributed by atoms with van der Waals surface area (Å²) in [5.41, 5.74) is -1.33. The number of alkyl halides is 4. The van der Waals surface area contributed by atoms with Gasteiger partial charge < -0.3 is 4.98 Å². The Morgan fingerprint density at radius 2 is 2.00 bits per heavy atom. The van der Waals surface area contributed by atoms with Crippen molar-refractivity contribution in [2.24, 2.45) is 0 Å². The molecule has 0 aliphatic rings. The van der Waals surface area contributed by atoms with Crippen molar-refractivity contribution < 1.29 is 27.3 Å². The summed E-state index contributed by atoms with van der Waals surface area (Å²) in [6.45, 7) is 0. The second-order valence-corrected chi connectivity index (χ2v) is 3.91. The number of nitrogens with one attached hydrogen (secondary N) is 1. The van der Waals surface area contributed by atoms with Crippen LogP contribution in [0.15, 0.2) is 24.4 Å². The number of benzene rings is 1. The van der Waals surface area contributed by atoms with Crippen molar-refractivity contribution in [1.29, 1.82) is 0 Å². The lowest BCUT2D eigenvalue weighted by molar-refractivity contribution is -0.383. The Kier molecular flexibility index (Phi) is 3.20. The number of nitrogens with zero attached hydrogens (tertiary/aromatic N) is 1. The van der Waals surface area contributed by atoms with Crippen LogP contribution in [0.3, 0.4) is 0 Å². The van der Waals surface area contributed by atoms with Crippen molar-refractivity contribution in [3.8, 4) is 0 Å². The number of carbonyl (C=O) groups excluding carboxylic acids is 1. The number of aromatic amines is 1. The summed E-state index contributed by atoms with van der Waals surface area (Å²) in [6, 6.07) is 3.43. The van der Waals surface area contributed by atoms with Crippen LogP contribution in [0.4, 0.5) is 23.2 Å². The first-order chi connectivity index (χ1) is 9.26. The number of carbonyl (C=O) groups is 1. The summed E-state index contributed by atoms with van der Waals surface area (Å²) in [6.07, 6.45) is -3.39. The number of para-hydroxylation sites is 1. The normalized spacial score (nSPS) is 12.1. The van der Waals surface area contributed by atoms with Crippen LogP contribution in [0, 0.1) is 10.1 Å². The van der Waals surface area contributed by atoms with Gasteiger partial charge in [0.1, 0.15) is 5.52 Å². The topological polar surface area (TPSA) is 76.0 Å². The molecule has 1 heterocycles. The number of ketones is 1. The van der Waals surface area contributed by atoms with Crippen molar-refractivity contribution in [3.05, 3.63) is 40.1 Å². The summed E-state index contributed by atoms with van der Waals surface area (Å²) >= 11 is 0. The molecule has 1 N–H and O–H groups in total. The maximum Gasteiger partial charge on any atom is 0.368 e. The highest BCUT2D eigenvalue weighted by atomic mass is 19.3. The molecule has 0 saturated heterocycles. The van der Waals surface area contributed by atoms with E-state index in [1.807, 2.05) is 0 Å². The highest BCUT2D eigenvalue weighted by Gasteiger charge is 2.49. The molecule has 2 aromatic rings. The molecule has 0 spiro atoms. The molecule has 20 heavy (non-hydrogen) atoms. The highest BCUT2D eigenvalue weighted by Crippen LogP contribution is 2.33. The molecule has 9 heteroatoms. The van der Waals surface area contributed by atoms with Gasteiger partial charge in [-0.2, -0.15) is 8.78 Å². The molecule has 0 atom stereocenters. The molecule has 0 radical (unpaired) electrons. The number of Topliss-reactive ketones (excluding diaryl/α,β-unsaturated/α-hetero) is 1. The molecule has 0 saturated carbocycles. The molecule has 0 unspecified atom stereocenters. The van der Waals surface area contributed by atoms with Crippen LogP contribution in [0.5, 0.6) is 0 Å². The zero-order chi connectivity index (χ0) is 15.1. The van der Waals surface area contributed by atoms with Gasteiger partial charge in [0.05, 0.1) is 4.92 Å². The second-order valence-electron chi connectivity index (χ2n) is 3.91. The maximum absolute atomic E-state index is 13.0. The van der Waals surface area contributed by atoms with E-state index in [4.69, 9.17) is 0 Å². The predicted octanol–water partition coefficient (Wildman–Crippen LogP) is 3.16. The van der Waals surface area contributed by atoms with Crippen molar-refractivity contribution in [3.63, 3.8) is 0 Å². The van der Waals surface area contributed by atoms with E-state index in [0.717, 1.165) is 18.3 Å². The summed E-state index contributed by atoms with van der Waals surface area (Å²) in [7, 11) is 0. The zero-order valence-electron chi connectivity index (χ0n) is 9.57. The lowest BCUT2D eigenvalue weighted by Gasteiger charge is -2.12. The van der Waals surface area contributed by atoms with E-state index >= 15 is 0 Å². The van der Waals surface area contributed by atoms with Crippen LogP contribution in [0.25, 0.3) is 10.9 Å². The number of H-pyrrole nitrogens is 1. The lowest BCUT2D eigenvalue weighted by atomic mass is 10.0. The van der Waals surface area contributed by atoms with Crippen molar-refractivity contribution in [1.82, 2.24) is 4.98 Å². The number of hydrogen-bond acceptors (Lipinski definition) is 3. The van der Waals surface area contributed by atoms with Crippen LogP contribution in [-0.4, -0.2) is 28.0 Å². The lowest BCUT2D eigenvalue weighted by Crippen LogP contribution is -2.36. The average Bonchev–Trinajstić information content (AvgIpc) is 2.80. The Bertz CT molecular complexity index is 696. The molecule has 0 aliphatic heterocycles. The number of halogens is 4. The third kappa shape index (κ3) is 2.00. The van der Waals surface area contributed by atoms with Gasteiger partial charge >= 0.3 is 12.3 Å². The van der Waals surface area contributed by atoms with E-state index in [9.17, 15) is 32.5 Å². The van der Waals surface area contributed by atoms with Gasteiger partial charge in [-0.3, -0.25) is 14.9 Å². The van der Waals surface area contributed by atoms with Gasteiger partial charge in [-0.15, -0.1) is 0 Å². The largest absolute Gasteiger partial charge is 0.368 e. The molecular formula is C11H6F4N2O3. The van der Waals surface area contributed by atoms with Crippen LogP contribution in [0.1, 0.15) is 10.4 Å². The predicted molar refractivity (Wildman–Crippen MR) is 60.2 cm³/mol. The summed E-state index contributed by atoms with van der Waals surface area (Å²) < 4.78 is 50.4. The van der Waals surface area contributed by atoms with Crippen molar-refractivity contribution in [2.45, 2.75) is 12.3 Å². The summed E-state index contributed by atoms with van der Waals surface area (Å²) in [4.78, 5) is 23.7. The third-order valence-corrected chi connectivity index (χ3v) is 2.71. The van der Waals surface area contributed by atoms with Gasteiger partial charge in [-0.25, -0.2) is 8.78 Å². The van der Waals surface area contributed by atoms with E-state index < -0.39 is 34.3 Å². The van der Waals surface area contributed by atoms with Crippen molar-refractivity contribution >= 4 is 22.4 Å². The molecule has 0 aliphatic carbocycles. The highest BCUT2D eigenvalue weighted by molar-refractivity contribution is 6.12. The fraction of sp³-hybridized carbons (Fsp3) is 0.182. The van der Waals surface area contributed by atoms with Crippen LogP contribution in [0.2, 0.25) is 0 Å². The molecular weight excluding hydrogens is 284 g/mol.